The predicted octanol–water partition coefficient (Wildman–Crippen LogP) is 3.62. The number of nitrogens with two attached hydrogens (primary N) is 2. The summed E-state index contributed by atoms with van der Waals surface area (Å²) in [5, 5.41) is 0. The maximum Gasteiger partial charge on any atom is 0.193 e. The fourth-order valence-corrected chi connectivity index (χ4v) is 2.79. The maximum absolute atomic E-state index is 12.9. The van der Waals surface area contributed by atoms with E-state index >= 15 is 0 Å². The summed E-state index contributed by atoms with van der Waals surface area (Å²) in [4.78, 5) is 12.9. The molecule has 0 saturated carbocycles. The summed E-state index contributed by atoms with van der Waals surface area (Å²) in [5.74, 6) is -0.0183. The first-order valence-electron chi connectivity index (χ1n) is 7.01. The van der Waals surface area contributed by atoms with Gasteiger partial charge in [0.15, 0.2) is 5.78 Å². The van der Waals surface area contributed by atoms with Gasteiger partial charge in [0, 0.05) is 22.5 Å². The third-order valence-corrected chi connectivity index (χ3v) is 4.47. The Balaban J connectivity index is 2.69. The summed E-state index contributed by atoms with van der Waals surface area (Å²) in [6, 6.07) is 5.02. The lowest BCUT2D eigenvalue weighted by Crippen LogP contribution is -2.11. The largest absolute Gasteiger partial charge is 0.399 e. The van der Waals surface area contributed by atoms with E-state index in [9.17, 15) is 4.79 Å². The van der Waals surface area contributed by atoms with Crippen molar-refractivity contribution in [1.29, 1.82) is 0 Å². The first-order valence-corrected chi connectivity index (χ1v) is 7.01. The molecule has 4 N–H and O–H groups in total. The number of carbonyl (C=O) groups is 1. The van der Waals surface area contributed by atoms with Crippen molar-refractivity contribution in [1.82, 2.24) is 0 Å². The average molecular weight is 282 g/mol. The number of benzene rings is 2. The highest BCUT2D eigenvalue weighted by atomic mass is 16.1. The molecule has 0 spiro atoms. The molecular weight excluding hydrogens is 260 g/mol. The fraction of sp³-hybridized carbons (Fsp3) is 0.278. The Kier molecular flexibility index (Phi) is 3.77. The first kappa shape index (κ1) is 15.1. The number of anilines is 2. The average Bonchev–Trinajstić information content (AvgIpc) is 2.42. The summed E-state index contributed by atoms with van der Waals surface area (Å²) >= 11 is 0. The van der Waals surface area contributed by atoms with Crippen LogP contribution in [-0.2, 0) is 0 Å². The highest BCUT2D eigenvalue weighted by Gasteiger charge is 2.19. The summed E-state index contributed by atoms with van der Waals surface area (Å²) < 4.78 is 0. The van der Waals surface area contributed by atoms with Crippen LogP contribution in [0.25, 0.3) is 0 Å². The Morgan fingerprint density at radius 2 is 1.10 bits per heavy atom. The van der Waals surface area contributed by atoms with E-state index in [0.29, 0.717) is 16.9 Å². The van der Waals surface area contributed by atoms with Crippen LogP contribution in [-0.4, -0.2) is 5.78 Å². The molecule has 0 aromatic heterocycles. The minimum Gasteiger partial charge on any atom is -0.399 e. The van der Waals surface area contributed by atoms with Gasteiger partial charge in [0.05, 0.1) is 0 Å². The van der Waals surface area contributed by atoms with Crippen molar-refractivity contribution in [3.8, 4) is 0 Å². The number of nitrogen functional groups attached to an aromatic ring is 2. The number of carbonyl (C=O) groups excluding carboxylic acids is 1. The number of ketones is 1. The Morgan fingerprint density at radius 1 is 0.714 bits per heavy atom. The SMILES string of the molecule is Cc1c(C)c(C)c(C(=O)c2cc(N)cc(N)c2)c(C)c1C. The van der Waals surface area contributed by atoms with Gasteiger partial charge < -0.3 is 11.5 Å². The molecule has 0 amide bonds. The zero-order valence-corrected chi connectivity index (χ0v) is 13.3. The van der Waals surface area contributed by atoms with Crippen molar-refractivity contribution in [3.05, 3.63) is 57.1 Å². The van der Waals surface area contributed by atoms with Gasteiger partial charge in [-0.25, -0.2) is 0 Å². The van der Waals surface area contributed by atoms with E-state index in [1.165, 1.54) is 16.7 Å². The number of hydrogen-bond acceptors (Lipinski definition) is 3. The monoisotopic (exact) mass is 282 g/mol. The molecule has 0 saturated heterocycles. The molecule has 0 atom stereocenters. The zero-order valence-electron chi connectivity index (χ0n) is 13.3. The third kappa shape index (κ3) is 2.51. The van der Waals surface area contributed by atoms with Gasteiger partial charge >= 0.3 is 0 Å². The lowest BCUT2D eigenvalue weighted by molar-refractivity contribution is 0.103. The van der Waals surface area contributed by atoms with E-state index in [1.807, 2.05) is 13.8 Å². The molecule has 110 valence electrons. The van der Waals surface area contributed by atoms with Crippen molar-refractivity contribution in [3.63, 3.8) is 0 Å². The Hall–Kier alpha value is -2.29. The molecule has 0 aliphatic heterocycles. The van der Waals surface area contributed by atoms with E-state index in [2.05, 4.69) is 20.8 Å². The third-order valence-electron chi connectivity index (χ3n) is 4.47. The van der Waals surface area contributed by atoms with Gasteiger partial charge in [-0.15, -0.1) is 0 Å². The second kappa shape index (κ2) is 5.24. The lowest BCUT2D eigenvalue weighted by Gasteiger charge is -2.18. The molecule has 0 radical (unpaired) electrons. The summed E-state index contributed by atoms with van der Waals surface area (Å²) in [6.07, 6.45) is 0. The molecule has 2 rings (SSSR count). The van der Waals surface area contributed by atoms with E-state index in [1.54, 1.807) is 18.2 Å². The van der Waals surface area contributed by atoms with Crippen LogP contribution in [0.4, 0.5) is 11.4 Å². The van der Waals surface area contributed by atoms with E-state index < -0.39 is 0 Å². The zero-order chi connectivity index (χ0) is 15.9. The molecule has 0 heterocycles. The van der Waals surface area contributed by atoms with Crippen LogP contribution in [0.2, 0.25) is 0 Å². The van der Waals surface area contributed by atoms with Crippen LogP contribution in [0.1, 0.15) is 43.7 Å². The molecule has 0 aliphatic rings. The molecule has 3 nitrogen and oxygen atoms in total. The van der Waals surface area contributed by atoms with Gasteiger partial charge in [-0.3, -0.25) is 4.79 Å². The number of hydrogen-bond donors (Lipinski definition) is 2. The van der Waals surface area contributed by atoms with Gasteiger partial charge in [0.2, 0.25) is 0 Å². The van der Waals surface area contributed by atoms with Crippen molar-refractivity contribution in [2.45, 2.75) is 34.6 Å². The van der Waals surface area contributed by atoms with Crippen LogP contribution < -0.4 is 11.5 Å². The van der Waals surface area contributed by atoms with Crippen LogP contribution in [0.5, 0.6) is 0 Å². The summed E-state index contributed by atoms with van der Waals surface area (Å²) in [6.45, 7) is 10.2. The summed E-state index contributed by atoms with van der Waals surface area (Å²) in [7, 11) is 0. The lowest BCUT2D eigenvalue weighted by atomic mass is 9.86. The van der Waals surface area contributed by atoms with Gasteiger partial charge in [-0.2, -0.15) is 0 Å². The van der Waals surface area contributed by atoms with Crippen molar-refractivity contribution in [2.24, 2.45) is 0 Å². The Morgan fingerprint density at radius 3 is 1.52 bits per heavy atom. The topological polar surface area (TPSA) is 69.1 Å². The van der Waals surface area contributed by atoms with Crippen LogP contribution in [0.3, 0.4) is 0 Å². The Bertz CT molecular complexity index is 696. The molecule has 21 heavy (non-hydrogen) atoms. The van der Waals surface area contributed by atoms with E-state index in [4.69, 9.17) is 11.5 Å². The molecule has 2 aromatic carbocycles. The molecular formula is C18H22N2O. The van der Waals surface area contributed by atoms with Gasteiger partial charge in [-0.1, -0.05) is 0 Å². The van der Waals surface area contributed by atoms with Gasteiger partial charge in [0.25, 0.3) is 0 Å². The standard InChI is InChI=1S/C18H22N2O/c1-9-10(2)12(4)17(13(5)11(9)3)18(21)14-6-15(19)8-16(20)7-14/h6-8H,19-20H2,1-5H3. The second-order valence-electron chi connectivity index (χ2n) is 5.72. The normalized spacial score (nSPS) is 10.7. The predicted molar refractivity (Wildman–Crippen MR) is 88.8 cm³/mol. The first-order chi connectivity index (χ1) is 9.73. The number of rotatable bonds is 2. The summed E-state index contributed by atoms with van der Waals surface area (Å²) in [5.41, 5.74) is 19.6. The minimum absolute atomic E-state index is 0.0183. The fourth-order valence-electron chi connectivity index (χ4n) is 2.79. The quantitative estimate of drug-likeness (QED) is 0.653. The minimum atomic E-state index is -0.0183. The van der Waals surface area contributed by atoms with Crippen molar-refractivity contribution < 1.29 is 4.79 Å². The van der Waals surface area contributed by atoms with Crippen LogP contribution in [0, 0.1) is 34.6 Å². The molecule has 0 fully saturated rings. The molecule has 3 heteroatoms. The van der Waals surface area contributed by atoms with Gasteiger partial charge in [0.1, 0.15) is 0 Å². The molecule has 0 bridgehead atoms. The van der Waals surface area contributed by atoms with Gasteiger partial charge in [-0.05, 0) is 80.6 Å². The maximum atomic E-state index is 12.9. The highest BCUT2D eigenvalue weighted by Crippen LogP contribution is 2.28. The second-order valence-corrected chi connectivity index (χ2v) is 5.72. The smallest absolute Gasteiger partial charge is 0.193 e. The van der Waals surface area contributed by atoms with Crippen LogP contribution in [0.15, 0.2) is 18.2 Å². The molecule has 2 aromatic rings. The van der Waals surface area contributed by atoms with E-state index in [0.717, 1.165) is 16.7 Å². The molecule has 0 unspecified atom stereocenters. The molecule has 0 aliphatic carbocycles. The van der Waals surface area contributed by atoms with Crippen molar-refractivity contribution >= 4 is 17.2 Å². The highest BCUT2D eigenvalue weighted by molar-refractivity contribution is 6.12. The van der Waals surface area contributed by atoms with E-state index in [-0.39, 0.29) is 5.78 Å². The van der Waals surface area contributed by atoms with Crippen LogP contribution >= 0.6 is 0 Å². The Labute approximate surface area is 126 Å². The van der Waals surface area contributed by atoms with Crippen molar-refractivity contribution in [2.75, 3.05) is 11.5 Å².